The van der Waals surface area contributed by atoms with Crippen molar-refractivity contribution in [2.24, 2.45) is 0 Å². The fourth-order valence-corrected chi connectivity index (χ4v) is 4.84. The highest BCUT2D eigenvalue weighted by molar-refractivity contribution is 7.13. The summed E-state index contributed by atoms with van der Waals surface area (Å²) in [5.74, 6) is 2.03. The van der Waals surface area contributed by atoms with E-state index < -0.39 is 0 Å². The minimum absolute atomic E-state index is 0.0332. The van der Waals surface area contributed by atoms with Crippen molar-refractivity contribution in [1.82, 2.24) is 24.8 Å². The van der Waals surface area contributed by atoms with Crippen LogP contribution in [0.4, 0.5) is 10.9 Å². The highest BCUT2D eigenvalue weighted by Crippen LogP contribution is 2.33. The largest absolute Gasteiger partial charge is 0.342 e. The minimum atomic E-state index is -0.0361. The predicted molar refractivity (Wildman–Crippen MR) is 128 cm³/mol. The third-order valence-corrected chi connectivity index (χ3v) is 6.65. The summed E-state index contributed by atoms with van der Waals surface area (Å²) >= 11 is 1.55. The van der Waals surface area contributed by atoms with E-state index in [-0.39, 0.29) is 11.9 Å². The first-order valence-electron chi connectivity index (χ1n) is 10.9. The number of aromatic amines is 1. The molecule has 0 bridgehead atoms. The minimum Gasteiger partial charge on any atom is -0.342 e. The number of hydrogen-bond acceptors (Lipinski definition) is 6. The first-order chi connectivity index (χ1) is 15.5. The molecule has 5 rings (SSSR count). The summed E-state index contributed by atoms with van der Waals surface area (Å²) in [4.78, 5) is 32.6. The molecule has 0 aliphatic carbocycles. The third-order valence-electron chi connectivity index (χ3n) is 5.77. The van der Waals surface area contributed by atoms with Gasteiger partial charge in [0.1, 0.15) is 11.6 Å². The lowest BCUT2D eigenvalue weighted by atomic mass is 10.1. The molecule has 32 heavy (non-hydrogen) atoms. The van der Waals surface area contributed by atoms with Gasteiger partial charge in [-0.2, -0.15) is 0 Å². The van der Waals surface area contributed by atoms with Crippen LogP contribution in [0.15, 0.2) is 41.8 Å². The van der Waals surface area contributed by atoms with E-state index in [2.05, 4.69) is 34.1 Å². The Balaban J connectivity index is 1.39. The number of nitrogens with one attached hydrogen (secondary N) is 2. The number of imidazole rings is 1. The second-order valence-corrected chi connectivity index (χ2v) is 9.39. The number of carbonyl (C=O) groups excluding carboxylic acids is 1. The fourth-order valence-electron chi connectivity index (χ4n) is 4.15. The molecule has 1 amide bonds. The normalized spacial score (nSPS) is 16.2. The quantitative estimate of drug-likeness (QED) is 0.419. The second kappa shape index (κ2) is 8.35. The molecule has 0 spiro atoms. The van der Waals surface area contributed by atoms with E-state index in [4.69, 9.17) is 4.98 Å². The van der Waals surface area contributed by atoms with Gasteiger partial charge in [-0.25, -0.2) is 15.0 Å². The second-order valence-electron chi connectivity index (χ2n) is 8.53. The number of carbonyl (C=O) groups is 1. The predicted octanol–water partition coefficient (Wildman–Crippen LogP) is 5.57. The van der Waals surface area contributed by atoms with Gasteiger partial charge in [-0.3, -0.25) is 4.79 Å². The molecular weight excluding hydrogens is 420 g/mol. The summed E-state index contributed by atoms with van der Waals surface area (Å²) in [7, 11) is 0. The number of nitrogens with zero attached hydrogens (tertiary/aromatic N) is 4. The van der Waals surface area contributed by atoms with E-state index in [1.807, 2.05) is 53.6 Å². The summed E-state index contributed by atoms with van der Waals surface area (Å²) in [6.45, 7) is 6.90. The number of pyridine rings is 1. The van der Waals surface area contributed by atoms with Crippen LogP contribution >= 0.6 is 11.3 Å². The number of amides is 1. The zero-order valence-electron chi connectivity index (χ0n) is 18.4. The molecule has 8 heteroatoms. The number of benzene rings is 1. The maximum atomic E-state index is 13.4. The van der Waals surface area contributed by atoms with Crippen LogP contribution in [0.25, 0.3) is 11.0 Å². The highest BCUT2D eigenvalue weighted by Gasteiger charge is 2.32. The first-order valence-corrected chi connectivity index (χ1v) is 11.8. The van der Waals surface area contributed by atoms with Crippen LogP contribution in [0.1, 0.15) is 66.2 Å². The van der Waals surface area contributed by atoms with Crippen LogP contribution in [-0.2, 0) is 0 Å². The van der Waals surface area contributed by atoms with Crippen molar-refractivity contribution in [3.8, 4) is 0 Å². The van der Waals surface area contributed by atoms with Crippen molar-refractivity contribution >= 4 is 39.2 Å². The molecule has 1 aliphatic rings. The Morgan fingerprint density at radius 3 is 2.88 bits per heavy atom. The van der Waals surface area contributed by atoms with Gasteiger partial charge in [-0.15, -0.1) is 11.3 Å². The van der Waals surface area contributed by atoms with Crippen LogP contribution in [0, 0.1) is 6.92 Å². The van der Waals surface area contributed by atoms with Gasteiger partial charge in [0.05, 0.1) is 28.5 Å². The SMILES string of the molecule is Cc1csc(Nc2cccc([C@H]3CCCN3C(=O)c3ccc4nc(C(C)C)[nH]c4c3)n2)n1. The van der Waals surface area contributed by atoms with E-state index >= 15 is 0 Å². The average molecular weight is 447 g/mol. The Labute approximate surface area is 190 Å². The third kappa shape index (κ3) is 3.98. The van der Waals surface area contributed by atoms with Crippen molar-refractivity contribution in [2.45, 2.75) is 45.6 Å². The van der Waals surface area contributed by atoms with Crippen molar-refractivity contribution in [2.75, 3.05) is 11.9 Å². The van der Waals surface area contributed by atoms with Gasteiger partial charge < -0.3 is 15.2 Å². The van der Waals surface area contributed by atoms with Crippen molar-refractivity contribution < 1.29 is 4.79 Å². The Bertz CT molecular complexity index is 1280. The Hall–Kier alpha value is -3.26. The molecule has 2 N–H and O–H groups in total. The summed E-state index contributed by atoms with van der Waals surface area (Å²) in [5, 5.41) is 6.10. The highest BCUT2D eigenvalue weighted by atomic mass is 32.1. The van der Waals surface area contributed by atoms with Gasteiger partial charge in [0.2, 0.25) is 0 Å². The smallest absolute Gasteiger partial charge is 0.254 e. The van der Waals surface area contributed by atoms with Crippen LogP contribution in [-0.4, -0.2) is 37.3 Å². The number of hydrogen-bond donors (Lipinski definition) is 2. The maximum Gasteiger partial charge on any atom is 0.254 e. The lowest BCUT2D eigenvalue weighted by Gasteiger charge is -2.24. The molecule has 7 nitrogen and oxygen atoms in total. The van der Waals surface area contributed by atoms with E-state index in [0.717, 1.165) is 58.6 Å². The topological polar surface area (TPSA) is 86.8 Å². The molecule has 4 heterocycles. The van der Waals surface area contributed by atoms with Crippen molar-refractivity contribution in [3.63, 3.8) is 0 Å². The molecular formula is C24H26N6OS. The molecule has 1 fully saturated rings. The number of anilines is 2. The van der Waals surface area contributed by atoms with Gasteiger partial charge in [0.15, 0.2) is 5.13 Å². The summed E-state index contributed by atoms with van der Waals surface area (Å²) in [6.07, 6.45) is 1.87. The zero-order chi connectivity index (χ0) is 22.2. The van der Waals surface area contributed by atoms with E-state index in [1.165, 1.54) is 0 Å². The average Bonchev–Trinajstić information content (AvgIpc) is 3.52. The van der Waals surface area contributed by atoms with E-state index in [9.17, 15) is 4.79 Å². The van der Waals surface area contributed by atoms with Gasteiger partial charge in [0, 0.05) is 23.4 Å². The fraction of sp³-hybridized carbons (Fsp3) is 0.333. The molecule has 1 atom stereocenters. The monoisotopic (exact) mass is 446 g/mol. The Morgan fingerprint density at radius 1 is 1.22 bits per heavy atom. The molecule has 1 saturated heterocycles. The summed E-state index contributed by atoms with van der Waals surface area (Å²) in [5.41, 5.74) is 4.35. The van der Waals surface area contributed by atoms with Crippen LogP contribution in [0.5, 0.6) is 0 Å². The molecule has 3 aromatic heterocycles. The molecule has 0 unspecified atom stereocenters. The Kier molecular flexibility index (Phi) is 5.38. The van der Waals surface area contributed by atoms with Gasteiger partial charge >= 0.3 is 0 Å². The van der Waals surface area contributed by atoms with Crippen LogP contribution < -0.4 is 5.32 Å². The first kappa shape index (κ1) is 20.6. The number of rotatable bonds is 5. The number of aryl methyl sites for hydroxylation is 1. The van der Waals surface area contributed by atoms with Gasteiger partial charge in [-0.1, -0.05) is 19.9 Å². The van der Waals surface area contributed by atoms with Crippen molar-refractivity contribution in [1.29, 1.82) is 0 Å². The zero-order valence-corrected chi connectivity index (χ0v) is 19.2. The maximum absolute atomic E-state index is 13.4. The summed E-state index contributed by atoms with van der Waals surface area (Å²) in [6, 6.07) is 11.6. The molecule has 4 aromatic rings. The van der Waals surface area contributed by atoms with E-state index in [0.29, 0.717) is 11.5 Å². The number of likely N-dealkylation sites (tertiary alicyclic amines) is 1. The molecule has 1 aliphatic heterocycles. The number of aromatic nitrogens is 4. The van der Waals surface area contributed by atoms with Crippen molar-refractivity contribution in [3.05, 3.63) is 64.6 Å². The number of fused-ring (bicyclic) bond motifs is 1. The van der Waals surface area contributed by atoms with Crippen LogP contribution in [0.3, 0.4) is 0 Å². The Morgan fingerprint density at radius 2 is 2.09 bits per heavy atom. The number of thiazole rings is 1. The van der Waals surface area contributed by atoms with E-state index in [1.54, 1.807) is 11.3 Å². The molecule has 0 radical (unpaired) electrons. The van der Waals surface area contributed by atoms with Gasteiger partial charge in [-0.05, 0) is 50.1 Å². The molecule has 0 saturated carbocycles. The summed E-state index contributed by atoms with van der Waals surface area (Å²) < 4.78 is 0. The van der Waals surface area contributed by atoms with Gasteiger partial charge in [0.25, 0.3) is 5.91 Å². The lowest BCUT2D eigenvalue weighted by Crippen LogP contribution is -2.31. The standard InChI is InChI=1S/C24H26N6OS/c1-14(2)22-27-17-10-9-16(12-19(17)28-22)23(31)30-11-5-7-20(30)18-6-4-8-21(26-18)29-24-25-15(3)13-32-24/h4,6,8-10,12-14,20H,5,7,11H2,1-3H3,(H,27,28)(H,25,26,29)/t20-/m1/s1. The number of H-pyrrole nitrogens is 1. The lowest BCUT2D eigenvalue weighted by molar-refractivity contribution is 0.0733. The molecule has 164 valence electrons. The molecule has 1 aromatic carbocycles. The van der Waals surface area contributed by atoms with Crippen LogP contribution in [0.2, 0.25) is 0 Å².